The number of nitrogens with zero attached hydrogens (tertiary/aromatic N) is 4. The lowest BCUT2D eigenvalue weighted by Gasteiger charge is -2.30. The maximum absolute atomic E-state index is 5.12. The first-order chi connectivity index (χ1) is 30.5. The zero-order valence-electron chi connectivity index (χ0n) is 34.6. The van der Waals surface area contributed by atoms with E-state index in [-0.39, 0.29) is 5.41 Å². The number of hydrogen-bond acceptors (Lipinski definition) is 4. The van der Waals surface area contributed by atoms with Crippen LogP contribution in [-0.4, -0.2) is 14.5 Å². The number of benzene rings is 8. The van der Waals surface area contributed by atoms with Gasteiger partial charge in [-0.25, -0.2) is 9.97 Å². The van der Waals surface area contributed by atoms with E-state index < -0.39 is 0 Å². The second kappa shape index (κ2) is 15.2. The molecule has 3 heterocycles. The maximum atomic E-state index is 5.12. The lowest BCUT2D eigenvalue weighted by Crippen LogP contribution is -2.20. The number of para-hydroxylation sites is 1. The van der Waals surface area contributed by atoms with E-state index >= 15 is 0 Å². The fourth-order valence-corrected chi connectivity index (χ4v) is 9.01. The van der Waals surface area contributed by atoms with Crippen LogP contribution in [0, 0.1) is 0 Å². The molecule has 0 radical (unpaired) electrons. The van der Waals surface area contributed by atoms with Crippen LogP contribution < -0.4 is 10.2 Å². The molecule has 0 fully saturated rings. The maximum Gasteiger partial charge on any atom is 0.137 e. The standard InChI is InChI=1S/C57H43N5/c1-57(2,43-20-10-5-11-21-43)44-30-31-58-56(35-44)62-53-25-15-14-24-50(53)48-22-12-13-23-49(48)51-28-27-45(37-55(51)62)60-46-32-42(40-18-8-4-9-19-40)33-47(36-46)61-38-59-52-34-41(26-29-54(52)61)39-16-6-3-7-17-39/h3-38,60H,1-2H3. The van der Waals surface area contributed by atoms with Gasteiger partial charge in [-0.1, -0.05) is 159 Å². The van der Waals surface area contributed by atoms with Crippen LogP contribution in [0.4, 0.5) is 28.6 Å². The summed E-state index contributed by atoms with van der Waals surface area (Å²) in [6.07, 6.45) is 3.89. The number of nitrogens with one attached hydrogen (secondary N) is 1. The number of imidazole rings is 1. The molecule has 8 aromatic carbocycles. The molecule has 1 aliphatic rings. The molecule has 62 heavy (non-hydrogen) atoms. The first-order valence-corrected chi connectivity index (χ1v) is 21.1. The van der Waals surface area contributed by atoms with Gasteiger partial charge in [0.15, 0.2) is 0 Å². The van der Waals surface area contributed by atoms with E-state index in [4.69, 9.17) is 9.97 Å². The highest BCUT2D eigenvalue weighted by Crippen LogP contribution is 2.51. The molecule has 0 spiro atoms. The van der Waals surface area contributed by atoms with Crippen LogP contribution in [0.1, 0.15) is 25.0 Å². The van der Waals surface area contributed by atoms with Gasteiger partial charge in [0.05, 0.1) is 22.4 Å². The molecule has 0 saturated carbocycles. The smallest absolute Gasteiger partial charge is 0.137 e. The second-order valence-electron chi connectivity index (χ2n) is 16.5. The van der Waals surface area contributed by atoms with E-state index in [9.17, 15) is 0 Å². The summed E-state index contributed by atoms with van der Waals surface area (Å²) in [4.78, 5) is 12.4. The fraction of sp³-hybridized carbons (Fsp3) is 0.0526. The first-order valence-electron chi connectivity index (χ1n) is 21.1. The zero-order valence-corrected chi connectivity index (χ0v) is 34.6. The van der Waals surface area contributed by atoms with E-state index in [1.807, 2.05) is 18.6 Å². The predicted octanol–water partition coefficient (Wildman–Crippen LogP) is 14.9. The number of anilines is 5. The average Bonchev–Trinajstić information content (AvgIpc) is 3.72. The molecule has 0 saturated heterocycles. The molecule has 5 nitrogen and oxygen atoms in total. The minimum absolute atomic E-state index is 0.244. The van der Waals surface area contributed by atoms with Crippen molar-refractivity contribution < 1.29 is 0 Å². The van der Waals surface area contributed by atoms with Crippen LogP contribution in [0.5, 0.6) is 0 Å². The van der Waals surface area contributed by atoms with Gasteiger partial charge in [-0.15, -0.1) is 0 Å². The summed E-state index contributed by atoms with van der Waals surface area (Å²) in [5, 5.41) is 3.86. The van der Waals surface area contributed by atoms with Gasteiger partial charge >= 0.3 is 0 Å². The molecule has 2 aromatic heterocycles. The largest absolute Gasteiger partial charge is 0.355 e. The van der Waals surface area contributed by atoms with E-state index in [2.05, 4.69) is 229 Å². The molecule has 0 atom stereocenters. The summed E-state index contributed by atoms with van der Waals surface area (Å²) in [6.45, 7) is 4.58. The minimum atomic E-state index is -0.244. The molecule has 296 valence electrons. The van der Waals surface area contributed by atoms with Gasteiger partial charge < -0.3 is 5.32 Å². The van der Waals surface area contributed by atoms with Gasteiger partial charge in [0.1, 0.15) is 12.1 Å². The second-order valence-corrected chi connectivity index (χ2v) is 16.5. The van der Waals surface area contributed by atoms with Crippen molar-refractivity contribution in [3.63, 3.8) is 0 Å². The summed E-state index contributed by atoms with van der Waals surface area (Å²) in [5.74, 6) is 0.862. The third-order valence-corrected chi connectivity index (χ3v) is 12.3. The molecule has 5 heteroatoms. The van der Waals surface area contributed by atoms with Crippen LogP contribution >= 0.6 is 0 Å². The molecule has 0 amide bonds. The van der Waals surface area contributed by atoms with Gasteiger partial charge in [0, 0.05) is 39.8 Å². The van der Waals surface area contributed by atoms with E-state index in [1.54, 1.807) is 0 Å². The molecule has 0 unspecified atom stereocenters. The Kier molecular flexibility index (Phi) is 9.09. The number of hydrogen-bond donors (Lipinski definition) is 1. The lowest BCUT2D eigenvalue weighted by atomic mass is 9.78. The quantitative estimate of drug-likeness (QED) is 0.166. The summed E-state index contributed by atoms with van der Waals surface area (Å²) in [6, 6.07) is 73.5. The van der Waals surface area contributed by atoms with Crippen LogP contribution in [0.2, 0.25) is 0 Å². The van der Waals surface area contributed by atoms with E-state index in [0.29, 0.717) is 0 Å². The van der Waals surface area contributed by atoms with Crippen LogP contribution in [-0.2, 0) is 5.41 Å². The van der Waals surface area contributed by atoms with Crippen molar-refractivity contribution in [2.24, 2.45) is 0 Å². The molecule has 1 aliphatic heterocycles. The van der Waals surface area contributed by atoms with Gasteiger partial charge in [-0.3, -0.25) is 9.47 Å². The Bertz CT molecular complexity index is 3240. The monoisotopic (exact) mass is 797 g/mol. The fourth-order valence-electron chi connectivity index (χ4n) is 9.01. The lowest BCUT2D eigenvalue weighted by molar-refractivity contribution is 0.640. The van der Waals surface area contributed by atoms with Crippen molar-refractivity contribution in [1.82, 2.24) is 14.5 Å². The minimum Gasteiger partial charge on any atom is -0.355 e. The Labute approximate surface area is 362 Å². The Morgan fingerprint density at radius 2 is 1.08 bits per heavy atom. The molecule has 10 aromatic rings. The van der Waals surface area contributed by atoms with Crippen molar-refractivity contribution in [3.05, 3.63) is 230 Å². The van der Waals surface area contributed by atoms with Gasteiger partial charge in [-0.05, 0) is 105 Å². The topological polar surface area (TPSA) is 46.0 Å². The van der Waals surface area contributed by atoms with Gasteiger partial charge in [0.25, 0.3) is 0 Å². The van der Waals surface area contributed by atoms with Crippen molar-refractivity contribution in [3.8, 4) is 50.2 Å². The highest BCUT2D eigenvalue weighted by atomic mass is 15.2. The third-order valence-electron chi connectivity index (χ3n) is 12.3. The van der Waals surface area contributed by atoms with Crippen molar-refractivity contribution >= 4 is 39.6 Å². The Morgan fingerprint density at radius 3 is 1.82 bits per heavy atom. The molecule has 11 rings (SSSR count). The highest BCUT2D eigenvalue weighted by molar-refractivity contribution is 6.03. The predicted molar refractivity (Wildman–Crippen MR) is 257 cm³/mol. The van der Waals surface area contributed by atoms with Crippen LogP contribution in [0.25, 0.3) is 61.2 Å². The first kappa shape index (κ1) is 37.0. The summed E-state index contributed by atoms with van der Waals surface area (Å²) in [5.41, 5.74) is 18.5. The van der Waals surface area contributed by atoms with E-state index in [1.165, 1.54) is 27.8 Å². The Balaban J connectivity index is 1.05. The normalized spacial score (nSPS) is 12.0. The average molecular weight is 798 g/mol. The summed E-state index contributed by atoms with van der Waals surface area (Å²) < 4.78 is 2.18. The Morgan fingerprint density at radius 1 is 0.435 bits per heavy atom. The molecule has 0 aliphatic carbocycles. The SMILES string of the molecule is CC(C)(c1ccccc1)c1ccnc(N2c3ccccc3-c3ccccc3-c3ccc(Nc4cc(-c5ccccc5)cc(-n5cnc6cc(-c7ccccc7)ccc65)c4)cc32)c1. The van der Waals surface area contributed by atoms with Gasteiger partial charge in [-0.2, -0.15) is 0 Å². The van der Waals surface area contributed by atoms with Crippen LogP contribution in [0.15, 0.2) is 219 Å². The molecule has 0 bridgehead atoms. The van der Waals surface area contributed by atoms with Crippen molar-refractivity contribution in [1.29, 1.82) is 0 Å². The third kappa shape index (κ3) is 6.61. The van der Waals surface area contributed by atoms with E-state index in [0.717, 1.165) is 73.1 Å². The summed E-state index contributed by atoms with van der Waals surface area (Å²) >= 11 is 0. The number of rotatable bonds is 8. The number of aromatic nitrogens is 3. The van der Waals surface area contributed by atoms with Gasteiger partial charge in [0.2, 0.25) is 0 Å². The zero-order chi connectivity index (χ0) is 41.6. The molecular weight excluding hydrogens is 755 g/mol. The van der Waals surface area contributed by atoms with Crippen LogP contribution in [0.3, 0.4) is 0 Å². The molecular formula is C57H43N5. The number of fused-ring (bicyclic) bond motifs is 6. The van der Waals surface area contributed by atoms with Crippen molar-refractivity contribution in [2.45, 2.75) is 19.3 Å². The summed E-state index contributed by atoms with van der Waals surface area (Å²) in [7, 11) is 0. The molecule has 1 N–H and O–H groups in total. The Hall–Kier alpha value is -8.02. The highest BCUT2D eigenvalue weighted by Gasteiger charge is 2.29. The van der Waals surface area contributed by atoms with Crippen molar-refractivity contribution in [2.75, 3.05) is 10.2 Å². The number of pyridine rings is 1.